The van der Waals surface area contributed by atoms with E-state index >= 15 is 0 Å². The first-order chi connectivity index (χ1) is 18.7. The van der Waals surface area contributed by atoms with Gasteiger partial charge in [0.1, 0.15) is 18.2 Å². The second kappa shape index (κ2) is 16.8. The van der Waals surface area contributed by atoms with Gasteiger partial charge in [0.05, 0.1) is 0 Å². The average Bonchev–Trinajstić information content (AvgIpc) is 2.87. The molecule has 0 fully saturated rings. The number of carbonyl (C=O) groups excluding carboxylic acids is 3. The van der Waals surface area contributed by atoms with Crippen LogP contribution in [0.15, 0.2) is 18.2 Å². The normalized spacial score (nSPS) is 15.1. The fourth-order valence-electron chi connectivity index (χ4n) is 3.87. The van der Waals surface area contributed by atoms with Crippen molar-refractivity contribution in [3.8, 4) is 11.5 Å². The molecule has 0 bridgehead atoms. The molecular formula is C30H47NO9. The number of carboxylic acids is 1. The third kappa shape index (κ3) is 11.9. The molecule has 0 aliphatic carbocycles. The van der Waals surface area contributed by atoms with E-state index in [0.29, 0.717) is 30.7 Å². The summed E-state index contributed by atoms with van der Waals surface area (Å²) in [5.74, 6) is -3.07. The fourth-order valence-corrected chi connectivity index (χ4v) is 3.87. The zero-order valence-electron chi connectivity index (χ0n) is 25.1. The number of benzene rings is 1. The van der Waals surface area contributed by atoms with Crippen LogP contribution >= 0.6 is 0 Å². The standard InChI is InChI=1S/C30H47NO9/c1-9-19(6)37-30(36)38-21(8)20(7)27(28(31)29(34)35)22-12-13-23(39-25(32)14-10-17(2)3)24(16-22)40-26(33)15-11-18(4)5/h12-13,16-21,27-28H,9-11,14-15,31H2,1-8H3,(H,34,35)/t19?,20?,21?,27?,28-/m0/s1. The Balaban J connectivity index is 3.39. The summed E-state index contributed by atoms with van der Waals surface area (Å²) in [6.07, 6.45) is 0.218. The van der Waals surface area contributed by atoms with Crippen molar-refractivity contribution in [3.63, 3.8) is 0 Å². The first-order valence-electron chi connectivity index (χ1n) is 14.1. The van der Waals surface area contributed by atoms with Gasteiger partial charge in [-0.05, 0) is 62.6 Å². The number of carbonyl (C=O) groups is 4. The lowest BCUT2D eigenvalue weighted by Crippen LogP contribution is -2.42. The van der Waals surface area contributed by atoms with Crippen molar-refractivity contribution in [1.82, 2.24) is 0 Å². The lowest BCUT2D eigenvalue weighted by molar-refractivity contribution is -0.140. The van der Waals surface area contributed by atoms with Gasteiger partial charge in [0, 0.05) is 24.7 Å². The highest BCUT2D eigenvalue weighted by molar-refractivity contribution is 5.77. The van der Waals surface area contributed by atoms with Crippen LogP contribution in [0.25, 0.3) is 0 Å². The molecule has 5 atom stereocenters. The van der Waals surface area contributed by atoms with Gasteiger partial charge < -0.3 is 29.8 Å². The van der Waals surface area contributed by atoms with E-state index in [-0.39, 0.29) is 36.4 Å². The van der Waals surface area contributed by atoms with Crippen molar-refractivity contribution in [2.75, 3.05) is 0 Å². The molecule has 0 saturated heterocycles. The van der Waals surface area contributed by atoms with E-state index < -0.39 is 48.0 Å². The van der Waals surface area contributed by atoms with E-state index in [4.69, 9.17) is 24.7 Å². The summed E-state index contributed by atoms with van der Waals surface area (Å²) in [6, 6.07) is 3.12. The Kier molecular flexibility index (Phi) is 14.7. The molecule has 226 valence electrons. The lowest BCUT2D eigenvalue weighted by atomic mass is 9.79. The summed E-state index contributed by atoms with van der Waals surface area (Å²) in [7, 11) is 0. The number of aliphatic carboxylic acids is 1. The predicted molar refractivity (Wildman–Crippen MR) is 150 cm³/mol. The zero-order valence-corrected chi connectivity index (χ0v) is 25.1. The van der Waals surface area contributed by atoms with Gasteiger partial charge in [-0.3, -0.25) is 14.4 Å². The summed E-state index contributed by atoms with van der Waals surface area (Å²) < 4.78 is 21.7. The summed E-state index contributed by atoms with van der Waals surface area (Å²) in [5.41, 5.74) is 6.54. The number of nitrogens with two attached hydrogens (primary N) is 1. The molecule has 0 aliphatic heterocycles. The number of esters is 2. The summed E-state index contributed by atoms with van der Waals surface area (Å²) in [5, 5.41) is 9.78. The fraction of sp³-hybridized carbons (Fsp3) is 0.667. The van der Waals surface area contributed by atoms with Crippen LogP contribution in [0.1, 0.15) is 99.0 Å². The highest BCUT2D eigenvalue weighted by atomic mass is 16.7. The minimum atomic E-state index is -1.38. The van der Waals surface area contributed by atoms with Crippen molar-refractivity contribution in [3.05, 3.63) is 23.8 Å². The van der Waals surface area contributed by atoms with E-state index in [1.807, 2.05) is 34.6 Å². The SMILES string of the molecule is CCC(C)OC(=O)OC(C)C(C)C(c1ccc(OC(=O)CCC(C)C)c(OC(=O)CCC(C)C)c1)[C@H](N)C(=O)O. The molecule has 0 spiro atoms. The van der Waals surface area contributed by atoms with E-state index in [2.05, 4.69) is 0 Å². The summed E-state index contributed by atoms with van der Waals surface area (Å²) >= 11 is 0. The molecule has 4 unspecified atom stereocenters. The third-order valence-electron chi connectivity index (χ3n) is 6.79. The Bertz CT molecular complexity index is 991. The van der Waals surface area contributed by atoms with Gasteiger partial charge in [0.25, 0.3) is 0 Å². The van der Waals surface area contributed by atoms with Crippen molar-refractivity contribution >= 4 is 24.1 Å². The van der Waals surface area contributed by atoms with Gasteiger partial charge >= 0.3 is 24.1 Å². The monoisotopic (exact) mass is 565 g/mol. The third-order valence-corrected chi connectivity index (χ3v) is 6.79. The molecule has 0 radical (unpaired) electrons. The first-order valence-corrected chi connectivity index (χ1v) is 14.1. The van der Waals surface area contributed by atoms with Gasteiger partial charge in [-0.25, -0.2) is 4.79 Å². The first kappa shape index (κ1) is 34.9. The second-order valence-electron chi connectivity index (χ2n) is 11.2. The molecular weight excluding hydrogens is 518 g/mol. The molecule has 3 N–H and O–H groups in total. The van der Waals surface area contributed by atoms with Crippen molar-refractivity contribution < 1.29 is 43.2 Å². The smallest absolute Gasteiger partial charge is 0.480 e. The molecule has 1 aromatic carbocycles. The molecule has 0 saturated carbocycles. The number of hydrogen-bond acceptors (Lipinski definition) is 9. The summed E-state index contributed by atoms with van der Waals surface area (Å²) in [4.78, 5) is 49.3. The summed E-state index contributed by atoms with van der Waals surface area (Å²) in [6.45, 7) is 14.9. The van der Waals surface area contributed by atoms with E-state index in [1.165, 1.54) is 12.1 Å². The zero-order chi connectivity index (χ0) is 30.6. The molecule has 40 heavy (non-hydrogen) atoms. The number of hydrogen-bond donors (Lipinski definition) is 2. The highest BCUT2D eigenvalue weighted by Crippen LogP contribution is 2.37. The van der Waals surface area contributed by atoms with E-state index in [1.54, 1.807) is 26.8 Å². The maximum atomic E-state index is 12.6. The van der Waals surface area contributed by atoms with Crippen molar-refractivity contribution in [2.45, 2.75) is 112 Å². The van der Waals surface area contributed by atoms with Gasteiger partial charge in [-0.15, -0.1) is 0 Å². The number of rotatable bonds is 16. The van der Waals surface area contributed by atoms with Gasteiger partial charge in [-0.1, -0.05) is 47.6 Å². The van der Waals surface area contributed by atoms with Gasteiger partial charge in [0.2, 0.25) is 0 Å². The van der Waals surface area contributed by atoms with Crippen LogP contribution in [-0.2, 0) is 23.9 Å². The predicted octanol–water partition coefficient (Wildman–Crippen LogP) is 5.84. The minimum absolute atomic E-state index is 0.0105. The maximum Gasteiger partial charge on any atom is 0.508 e. The minimum Gasteiger partial charge on any atom is -0.480 e. The van der Waals surface area contributed by atoms with Crippen molar-refractivity contribution in [1.29, 1.82) is 0 Å². The number of carboxylic acid groups (broad SMARTS) is 1. The molecule has 0 aliphatic rings. The molecule has 1 aromatic rings. The Morgan fingerprint density at radius 3 is 1.82 bits per heavy atom. The molecule has 0 aromatic heterocycles. The Hall–Kier alpha value is -3.14. The van der Waals surface area contributed by atoms with Crippen LogP contribution in [0, 0.1) is 17.8 Å². The number of ether oxygens (including phenoxy) is 4. The van der Waals surface area contributed by atoms with Crippen LogP contribution < -0.4 is 15.2 Å². The molecule has 0 amide bonds. The molecule has 0 heterocycles. The average molecular weight is 566 g/mol. The molecule has 10 nitrogen and oxygen atoms in total. The molecule has 10 heteroatoms. The van der Waals surface area contributed by atoms with E-state index in [0.717, 1.165) is 0 Å². The van der Waals surface area contributed by atoms with Gasteiger partial charge in [-0.2, -0.15) is 0 Å². The quantitative estimate of drug-likeness (QED) is 0.185. The van der Waals surface area contributed by atoms with Crippen LogP contribution in [0.2, 0.25) is 0 Å². The maximum absolute atomic E-state index is 12.6. The van der Waals surface area contributed by atoms with Crippen LogP contribution in [0.4, 0.5) is 4.79 Å². The van der Waals surface area contributed by atoms with Crippen LogP contribution in [0.3, 0.4) is 0 Å². The van der Waals surface area contributed by atoms with Crippen LogP contribution in [0.5, 0.6) is 11.5 Å². The van der Waals surface area contributed by atoms with Gasteiger partial charge in [0.15, 0.2) is 11.5 Å². The molecule has 1 rings (SSSR count). The largest absolute Gasteiger partial charge is 0.508 e. The highest BCUT2D eigenvalue weighted by Gasteiger charge is 2.36. The lowest BCUT2D eigenvalue weighted by Gasteiger charge is -2.31. The van der Waals surface area contributed by atoms with Crippen LogP contribution in [-0.4, -0.2) is 47.4 Å². The van der Waals surface area contributed by atoms with E-state index in [9.17, 15) is 24.3 Å². The second-order valence-corrected chi connectivity index (χ2v) is 11.2. The van der Waals surface area contributed by atoms with Crippen molar-refractivity contribution in [2.24, 2.45) is 23.5 Å². The topological polar surface area (TPSA) is 151 Å². The Morgan fingerprint density at radius 1 is 0.825 bits per heavy atom. The Labute approximate surface area is 237 Å². The Morgan fingerprint density at radius 2 is 1.35 bits per heavy atom.